The molecule has 1 fully saturated rings. The van der Waals surface area contributed by atoms with Gasteiger partial charge in [-0.05, 0) is 6.42 Å². The van der Waals surface area contributed by atoms with Gasteiger partial charge in [-0.15, -0.1) is 0 Å². The predicted molar refractivity (Wildman–Crippen MR) is 55.5 cm³/mol. The molecule has 0 heterocycles. The third-order valence-electron chi connectivity index (χ3n) is 3.43. The van der Waals surface area contributed by atoms with E-state index in [0.29, 0.717) is 12.8 Å². The molecular formula is C12H14O4. The fourth-order valence-corrected chi connectivity index (χ4v) is 2.60. The van der Waals surface area contributed by atoms with Gasteiger partial charge in [-0.25, -0.2) is 0 Å². The molecule has 0 radical (unpaired) electrons. The highest BCUT2D eigenvalue weighted by Crippen LogP contribution is 2.37. The summed E-state index contributed by atoms with van der Waals surface area (Å²) in [6, 6.07) is 0. The number of fused-ring (bicyclic) bond motifs is 1. The van der Waals surface area contributed by atoms with Gasteiger partial charge in [0, 0.05) is 24.7 Å². The van der Waals surface area contributed by atoms with Crippen molar-refractivity contribution in [2.75, 3.05) is 7.11 Å². The summed E-state index contributed by atoms with van der Waals surface area (Å²) in [5.41, 5.74) is 0. The Balaban J connectivity index is 2.30. The third-order valence-corrected chi connectivity index (χ3v) is 3.43. The number of allylic oxidation sites excluding steroid dienone is 1. The Morgan fingerprint density at radius 3 is 2.69 bits per heavy atom. The normalized spacial score (nSPS) is 33.4. The summed E-state index contributed by atoms with van der Waals surface area (Å²) in [6.07, 6.45) is 4.66. The quantitative estimate of drug-likeness (QED) is 0.488. The van der Waals surface area contributed by atoms with E-state index in [1.54, 1.807) is 12.2 Å². The molecule has 4 nitrogen and oxygen atoms in total. The fraction of sp³-hybridized carbons (Fsp3) is 0.583. The van der Waals surface area contributed by atoms with E-state index in [9.17, 15) is 14.4 Å². The molecule has 1 saturated carbocycles. The van der Waals surface area contributed by atoms with Crippen LogP contribution in [0.5, 0.6) is 0 Å². The summed E-state index contributed by atoms with van der Waals surface area (Å²) in [7, 11) is 1.30. The van der Waals surface area contributed by atoms with Crippen molar-refractivity contribution >= 4 is 17.5 Å². The number of ketones is 2. The Bertz CT molecular complexity index is 369. The number of rotatable bonds is 1. The van der Waals surface area contributed by atoms with Gasteiger partial charge in [-0.2, -0.15) is 0 Å². The average molecular weight is 222 g/mol. The van der Waals surface area contributed by atoms with Crippen LogP contribution in [-0.4, -0.2) is 24.6 Å². The van der Waals surface area contributed by atoms with Gasteiger partial charge < -0.3 is 4.74 Å². The molecule has 0 aliphatic heterocycles. The first kappa shape index (κ1) is 11.0. The first-order valence-corrected chi connectivity index (χ1v) is 5.45. The van der Waals surface area contributed by atoms with Crippen LogP contribution < -0.4 is 0 Å². The van der Waals surface area contributed by atoms with Crippen molar-refractivity contribution in [1.29, 1.82) is 0 Å². The molecular weight excluding hydrogens is 208 g/mol. The second kappa shape index (κ2) is 4.20. The highest BCUT2D eigenvalue weighted by Gasteiger charge is 2.45. The lowest BCUT2D eigenvalue weighted by Gasteiger charge is -2.34. The maximum atomic E-state index is 11.8. The van der Waals surface area contributed by atoms with Crippen molar-refractivity contribution in [3.8, 4) is 0 Å². The lowest BCUT2D eigenvalue weighted by atomic mass is 9.67. The van der Waals surface area contributed by atoms with Crippen LogP contribution in [0.2, 0.25) is 0 Å². The molecule has 0 spiro atoms. The van der Waals surface area contributed by atoms with Crippen LogP contribution >= 0.6 is 0 Å². The zero-order valence-electron chi connectivity index (χ0n) is 9.14. The molecule has 0 aromatic rings. The monoisotopic (exact) mass is 222 g/mol. The summed E-state index contributed by atoms with van der Waals surface area (Å²) in [4.78, 5) is 35.0. The summed E-state index contributed by atoms with van der Waals surface area (Å²) in [5, 5.41) is 0. The fourth-order valence-electron chi connectivity index (χ4n) is 2.60. The number of Topliss-reactive ketones (excluding diaryl/α,β-unsaturated/α-hetero) is 2. The van der Waals surface area contributed by atoms with E-state index in [4.69, 9.17) is 0 Å². The molecule has 4 heteroatoms. The van der Waals surface area contributed by atoms with Gasteiger partial charge in [0.15, 0.2) is 0 Å². The highest BCUT2D eigenvalue weighted by atomic mass is 16.5. The molecule has 16 heavy (non-hydrogen) atoms. The van der Waals surface area contributed by atoms with E-state index in [1.807, 2.05) is 0 Å². The molecule has 0 amide bonds. The second-order valence-electron chi connectivity index (χ2n) is 4.28. The van der Waals surface area contributed by atoms with Gasteiger partial charge in [0.2, 0.25) is 0 Å². The highest BCUT2D eigenvalue weighted by molar-refractivity contribution is 5.99. The molecule has 3 atom stereocenters. The van der Waals surface area contributed by atoms with E-state index in [-0.39, 0.29) is 23.9 Å². The van der Waals surface area contributed by atoms with E-state index in [1.165, 1.54) is 7.11 Å². The SMILES string of the molecule is COC(=O)C1C=CCC2C(=O)CCC(=O)C12. The number of hydrogen-bond donors (Lipinski definition) is 0. The maximum absolute atomic E-state index is 11.8. The molecule has 0 bridgehead atoms. The van der Waals surface area contributed by atoms with Gasteiger partial charge in [-0.3, -0.25) is 14.4 Å². The maximum Gasteiger partial charge on any atom is 0.313 e. The molecule has 2 aliphatic carbocycles. The van der Waals surface area contributed by atoms with Crippen LogP contribution in [0.4, 0.5) is 0 Å². The molecule has 0 saturated heterocycles. The summed E-state index contributed by atoms with van der Waals surface area (Å²) >= 11 is 0. The van der Waals surface area contributed by atoms with Crippen molar-refractivity contribution in [1.82, 2.24) is 0 Å². The van der Waals surface area contributed by atoms with Gasteiger partial charge in [0.25, 0.3) is 0 Å². The smallest absolute Gasteiger partial charge is 0.313 e. The second-order valence-corrected chi connectivity index (χ2v) is 4.28. The Labute approximate surface area is 93.7 Å². The Kier molecular flexibility index (Phi) is 2.90. The van der Waals surface area contributed by atoms with Crippen LogP contribution in [0.15, 0.2) is 12.2 Å². The van der Waals surface area contributed by atoms with E-state index < -0.39 is 17.8 Å². The Morgan fingerprint density at radius 1 is 1.31 bits per heavy atom. The van der Waals surface area contributed by atoms with Crippen LogP contribution in [0.3, 0.4) is 0 Å². The molecule has 0 aromatic carbocycles. The number of esters is 1. The molecule has 0 aromatic heterocycles. The molecule has 2 aliphatic rings. The predicted octanol–water partition coefficient (Wildman–Crippen LogP) is 0.900. The third kappa shape index (κ3) is 1.68. The van der Waals surface area contributed by atoms with Crippen molar-refractivity contribution in [2.24, 2.45) is 17.8 Å². The van der Waals surface area contributed by atoms with Crippen molar-refractivity contribution in [2.45, 2.75) is 19.3 Å². The minimum Gasteiger partial charge on any atom is -0.469 e. The molecule has 3 unspecified atom stereocenters. The average Bonchev–Trinajstić information content (AvgIpc) is 2.32. The topological polar surface area (TPSA) is 60.4 Å². The van der Waals surface area contributed by atoms with E-state index in [2.05, 4.69) is 4.74 Å². The summed E-state index contributed by atoms with van der Waals surface area (Å²) in [6.45, 7) is 0. The first-order valence-electron chi connectivity index (χ1n) is 5.45. The lowest BCUT2D eigenvalue weighted by molar-refractivity contribution is -0.152. The van der Waals surface area contributed by atoms with Crippen LogP contribution in [0.1, 0.15) is 19.3 Å². The summed E-state index contributed by atoms with van der Waals surface area (Å²) in [5.74, 6) is -1.67. The van der Waals surface area contributed by atoms with Crippen molar-refractivity contribution in [3.63, 3.8) is 0 Å². The van der Waals surface area contributed by atoms with Gasteiger partial charge in [0.05, 0.1) is 13.0 Å². The first-order chi connectivity index (χ1) is 7.65. The van der Waals surface area contributed by atoms with Crippen molar-refractivity contribution in [3.05, 3.63) is 12.2 Å². The lowest BCUT2D eigenvalue weighted by Crippen LogP contribution is -2.43. The number of hydrogen-bond acceptors (Lipinski definition) is 4. The van der Waals surface area contributed by atoms with Gasteiger partial charge >= 0.3 is 5.97 Å². The number of carbonyl (C=O) groups excluding carboxylic acids is 3. The van der Waals surface area contributed by atoms with Gasteiger partial charge in [0.1, 0.15) is 11.6 Å². The zero-order chi connectivity index (χ0) is 11.7. The van der Waals surface area contributed by atoms with Gasteiger partial charge in [-0.1, -0.05) is 12.2 Å². The largest absolute Gasteiger partial charge is 0.469 e. The minimum atomic E-state index is -0.569. The number of methoxy groups -OCH3 is 1. The molecule has 2 rings (SSSR count). The van der Waals surface area contributed by atoms with E-state index in [0.717, 1.165) is 0 Å². The Hall–Kier alpha value is -1.45. The van der Waals surface area contributed by atoms with Crippen LogP contribution in [0, 0.1) is 17.8 Å². The van der Waals surface area contributed by atoms with E-state index >= 15 is 0 Å². The van der Waals surface area contributed by atoms with Crippen LogP contribution in [0.25, 0.3) is 0 Å². The molecule has 86 valence electrons. The number of ether oxygens (including phenoxy) is 1. The van der Waals surface area contributed by atoms with Crippen molar-refractivity contribution < 1.29 is 19.1 Å². The standard InChI is InChI=1S/C12H14O4/c1-16-12(15)8-4-2-3-7-9(13)5-6-10(14)11(7)8/h2,4,7-8,11H,3,5-6H2,1H3. The zero-order valence-corrected chi connectivity index (χ0v) is 9.14. The van der Waals surface area contributed by atoms with Crippen LogP contribution in [-0.2, 0) is 19.1 Å². The minimum absolute atomic E-state index is 0.0179. The summed E-state index contributed by atoms with van der Waals surface area (Å²) < 4.78 is 4.67. The Morgan fingerprint density at radius 2 is 2.00 bits per heavy atom. The number of carbonyl (C=O) groups is 3. The molecule has 0 N–H and O–H groups in total.